The lowest BCUT2D eigenvalue weighted by Gasteiger charge is -2.28. The number of hydrogen-bond acceptors (Lipinski definition) is 3. The molecule has 0 radical (unpaired) electrons. The third-order valence-electron chi connectivity index (χ3n) is 3.75. The first-order valence-electron chi connectivity index (χ1n) is 6.80. The van der Waals surface area contributed by atoms with Crippen molar-refractivity contribution in [3.05, 3.63) is 65.5 Å². The van der Waals surface area contributed by atoms with Gasteiger partial charge in [-0.05, 0) is 29.2 Å². The largest absolute Gasteiger partial charge is 0.326 e. The van der Waals surface area contributed by atoms with E-state index in [1.165, 1.54) is 5.56 Å². The van der Waals surface area contributed by atoms with Crippen molar-refractivity contribution < 1.29 is 4.79 Å². The lowest BCUT2D eigenvalue weighted by Crippen LogP contribution is -2.25. The van der Waals surface area contributed by atoms with Gasteiger partial charge in [-0.1, -0.05) is 37.3 Å². The summed E-state index contributed by atoms with van der Waals surface area (Å²) in [7, 11) is 0. The molecule has 0 saturated heterocycles. The van der Waals surface area contributed by atoms with Crippen LogP contribution in [-0.4, -0.2) is 11.3 Å². The Bertz CT molecular complexity index is 551. The molecule has 1 aromatic heterocycles. The van der Waals surface area contributed by atoms with E-state index in [9.17, 15) is 4.79 Å². The van der Waals surface area contributed by atoms with Crippen LogP contribution in [-0.2, 0) is 23.2 Å². The van der Waals surface area contributed by atoms with Crippen LogP contribution in [0.3, 0.4) is 0 Å². The van der Waals surface area contributed by atoms with Crippen LogP contribution in [0.15, 0.2) is 48.8 Å². The van der Waals surface area contributed by atoms with Crippen LogP contribution >= 0.6 is 0 Å². The standard InChI is InChI=1S/C17H20N2O/c1-17(8-10-20,16-3-2-9-19-13-16)11-14-4-6-15(12-18)7-5-14/h2-7,9-10,13H,8,11-12,18H2,1H3. The molecule has 1 heterocycles. The molecule has 104 valence electrons. The highest BCUT2D eigenvalue weighted by Gasteiger charge is 2.26. The summed E-state index contributed by atoms with van der Waals surface area (Å²) >= 11 is 0. The Kier molecular flexibility index (Phi) is 4.64. The molecule has 20 heavy (non-hydrogen) atoms. The van der Waals surface area contributed by atoms with Crippen molar-refractivity contribution in [1.82, 2.24) is 4.98 Å². The summed E-state index contributed by atoms with van der Waals surface area (Å²) in [4.78, 5) is 15.2. The summed E-state index contributed by atoms with van der Waals surface area (Å²) in [6.07, 6.45) is 5.87. The van der Waals surface area contributed by atoms with Crippen LogP contribution in [0.4, 0.5) is 0 Å². The third-order valence-corrected chi connectivity index (χ3v) is 3.75. The van der Waals surface area contributed by atoms with E-state index in [1.807, 2.05) is 30.5 Å². The number of carbonyl (C=O) groups is 1. The van der Waals surface area contributed by atoms with Crippen molar-refractivity contribution in [2.75, 3.05) is 0 Å². The Morgan fingerprint density at radius 1 is 1.20 bits per heavy atom. The van der Waals surface area contributed by atoms with Gasteiger partial charge in [0.25, 0.3) is 0 Å². The lowest BCUT2D eigenvalue weighted by atomic mass is 9.76. The maximum Gasteiger partial charge on any atom is 0.120 e. The molecule has 0 amide bonds. The number of nitrogens with zero attached hydrogens (tertiary/aromatic N) is 1. The lowest BCUT2D eigenvalue weighted by molar-refractivity contribution is -0.108. The fourth-order valence-electron chi connectivity index (χ4n) is 2.44. The highest BCUT2D eigenvalue weighted by atomic mass is 16.1. The van der Waals surface area contributed by atoms with Crippen LogP contribution in [0.1, 0.15) is 30.0 Å². The average molecular weight is 268 g/mol. The predicted octanol–water partition coefficient (Wildman–Crippen LogP) is 2.63. The van der Waals surface area contributed by atoms with E-state index in [0.29, 0.717) is 13.0 Å². The second-order valence-corrected chi connectivity index (χ2v) is 5.37. The van der Waals surface area contributed by atoms with Crippen molar-refractivity contribution in [3.8, 4) is 0 Å². The first-order valence-corrected chi connectivity index (χ1v) is 6.80. The Balaban J connectivity index is 2.26. The highest BCUT2D eigenvalue weighted by molar-refractivity contribution is 5.53. The summed E-state index contributed by atoms with van der Waals surface area (Å²) in [5, 5.41) is 0. The summed E-state index contributed by atoms with van der Waals surface area (Å²) < 4.78 is 0. The van der Waals surface area contributed by atoms with Gasteiger partial charge in [0.05, 0.1) is 0 Å². The molecule has 0 fully saturated rings. The van der Waals surface area contributed by atoms with Gasteiger partial charge >= 0.3 is 0 Å². The normalized spacial score (nSPS) is 13.7. The molecule has 2 rings (SSSR count). The maximum absolute atomic E-state index is 11.0. The van der Waals surface area contributed by atoms with E-state index < -0.39 is 0 Å². The van der Waals surface area contributed by atoms with E-state index in [0.717, 1.165) is 23.8 Å². The van der Waals surface area contributed by atoms with Gasteiger partial charge in [-0.3, -0.25) is 4.98 Å². The second kappa shape index (κ2) is 6.44. The molecule has 3 heteroatoms. The maximum atomic E-state index is 11.0. The topological polar surface area (TPSA) is 56.0 Å². The van der Waals surface area contributed by atoms with Gasteiger partial charge in [-0.2, -0.15) is 0 Å². The Morgan fingerprint density at radius 2 is 1.90 bits per heavy atom. The number of benzene rings is 1. The van der Waals surface area contributed by atoms with E-state index >= 15 is 0 Å². The summed E-state index contributed by atoms with van der Waals surface area (Å²) in [5.41, 5.74) is 8.80. The van der Waals surface area contributed by atoms with E-state index in [-0.39, 0.29) is 5.41 Å². The number of aldehydes is 1. The summed E-state index contributed by atoms with van der Waals surface area (Å²) in [5.74, 6) is 0. The minimum Gasteiger partial charge on any atom is -0.326 e. The molecule has 2 aromatic rings. The smallest absolute Gasteiger partial charge is 0.120 e. The van der Waals surface area contributed by atoms with Crippen molar-refractivity contribution >= 4 is 6.29 Å². The number of aromatic nitrogens is 1. The first-order chi connectivity index (χ1) is 9.68. The van der Waals surface area contributed by atoms with Crippen molar-refractivity contribution in [1.29, 1.82) is 0 Å². The first kappa shape index (κ1) is 14.4. The molecule has 1 atom stereocenters. The van der Waals surface area contributed by atoms with E-state index in [2.05, 4.69) is 24.0 Å². The molecule has 0 spiro atoms. The zero-order valence-corrected chi connectivity index (χ0v) is 11.8. The number of carbonyl (C=O) groups excluding carboxylic acids is 1. The zero-order chi connectivity index (χ0) is 14.4. The van der Waals surface area contributed by atoms with Crippen LogP contribution in [0.2, 0.25) is 0 Å². The SMILES string of the molecule is CC(CC=O)(Cc1ccc(CN)cc1)c1cccnc1. The highest BCUT2D eigenvalue weighted by Crippen LogP contribution is 2.30. The average Bonchev–Trinajstić information content (AvgIpc) is 2.49. The number of rotatable bonds is 6. The fourth-order valence-corrected chi connectivity index (χ4v) is 2.44. The Labute approximate surface area is 119 Å². The van der Waals surface area contributed by atoms with Crippen molar-refractivity contribution in [2.24, 2.45) is 5.73 Å². The van der Waals surface area contributed by atoms with Crippen molar-refractivity contribution in [3.63, 3.8) is 0 Å². The van der Waals surface area contributed by atoms with Gasteiger partial charge in [0, 0.05) is 30.8 Å². The minimum atomic E-state index is -0.222. The van der Waals surface area contributed by atoms with Gasteiger partial charge < -0.3 is 10.5 Å². The molecule has 0 aliphatic carbocycles. The zero-order valence-electron chi connectivity index (χ0n) is 11.8. The summed E-state index contributed by atoms with van der Waals surface area (Å²) in [6, 6.07) is 12.2. The van der Waals surface area contributed by atoms with Crippen molar-refractivity contribution in [2.45, 2.75) is 31.7 Å². The van der Waals surface area contributed by atoms with Gasteiger partial charge in [0.1, 0.15) is 6.29 Å². The molecule has 1 aromatic carbocycles. The molecule has 2 N–H and O–H groups in total. The number of hydrogen-bond donors (Lipinski definition) is 1. The quantitative estimate of drug-likeness (QED) is 0.819. The van der Waals surface area contributed by atoms with E-state index in [1.54, 1.807) is 6.20 Å². The monoisotopic (exact) mass is 268 g/mol. The minimum absolute atomic E-state index is 0.222. The fraction of sp³-hybridized carbons (Fsp3) is 0.294. The van der Waals surface area contributed by atoms with E-state index in [4.69, 9.17) is 5.73 Å². The molecule has 0 bridgehead atoms. The Morgan fingerprint density at radius 3 is 2.45 bits per heavy atom. The molecule has 1 unspecified atom stereocenters. The molecule has 0 aliphatic heterocycles. The number of pyridine rings is 1. The van der Waals surface area contributed by atoms with Gasteiger partial charge in [-0.25, -0.2) is 0 Å². The Hall–Kier alpha value is -2.00. The summed E-state index contributed by atoms with van der Waals surface area (Å²) in [6.45, 7) is 2.66. The predicted molar refractivity (Wildman–Crippen MR) is 80.3 cm³/mol. The molecule has 0 saturated carbocycles. The molecule has 3 nitrogen and oxygen atoms in total. The number of nitrogens with two attached hydrogens (primary N) is 1. The second-order valence-electron chi connectivity index (χ2n) is 5.37. The molecule has 0 aliphatic rings. The third kappa shape index (κ3) is 3.31. The van der Waals surface area contributed by atoms with Gasteiger partial charge in [0.2, 0.25) is 0 Å². The van der Waals surface area contributed by atoms with Crippen LogP contribution in [0.5, 0.6) is 0 Å². The molecular weight excluding hydrogens is 248 g/mol. The molecular formula is C17H20N2O. The van der Waals surface area contributed by atoms with Crippen LogP contribution < -0.4 is 5.73 Å². The van der Waals surface area contributed by atoms with Crippen LogP contribution in [0.25, 0.3) is 0 Å². The van der Waals surface area contributed by atoms with Crippen LogP contribution in [0, 0.1) is 0 Å². The van der Waals surface area contributed by atoms with Gasteiger partial charge in [-0.15, -0.1) is 0 Å². The van der Waals surface area contributed by atoms with Gasteiger partial charge in [0.15, 0.2) is 0 Å².